The zero-order valence-electron chi connectivity index (χ0n) is 13.9. The fourth-order valence-electron chi connectivity index (χ4n) is 2.38. The Labute approximate surface area is 134 Å². The van der Waals surface area contributed by atoms with E-state index in [0.717, 1.165) is 17.0 Å². The van der Waals surface area contributed by atoms with Crippen LogP contribution < -0.4 is 10.6 Å². The molecule has 0 fully saturated rings. The Kier molecular flexibility index (Phi) is 5.15. The van der Waals surface area contributed by atoms with Gasteiger partial charge in [0.15, 0.2) is 0 Å². The van der Waals surface area contributed by atoms with Crippen LogP contribution in [0.25, 0.3) is 0 Å². The largest absolute Gasteiger partial charge is 0.358 e. The number of nitrogens with zero attached hydrogens (tertiary/aromatic N) is 4. The molecule has 0 radical (unpaired) electrons. The van der Waals surface area contributed by atoms with Gasteiger partial charge in [0.25, 0.3) is 0 Å². The van der Waals surface area contributed by atoms with Gasteiger partial charge in [0.05, 0.1) is 17.6 Å². The minimum Gasteiger partial charge on any atom is -0.358 e. The standard InChI is InChI=1S/C15H22N6O2/c1-10-13(11(2)20(4)19-10)5-6-14(22)18-12-7-17-21(8-12)9-15(23)16-3/h7-8H,5-6,9H2,1-4H3,(H,16,23)(H,18,22). The molecule has 0 bridgehead atoms. The number of aryl methyl sites for hydroxylation is 2. The molecule has 0 aliphatic heterocycles. The fraction of sp³-hybridized carbons (Fsp3) is 0.467. The van der Waals surface area contributed by atoms with Gasteiger partial charge in [0.1, 0.15) is 6.54 Å². The highest BCUT2D eigenvalue weighted by molar-refractivity contribution is 5.90. The average molecular weight is 318 g/mol. The van der Waals surface area contributed by atoms with Crippen LogP contribution in [0.1, 0.15) is 23.4 Å². The second-order valence-corrected chi connectivity index (χ2v) is 5.42. The van der Waals surface area contributed by atoms with Crippen molar-refractivity contribution in [3.63, 3.8) is 0 Å². The number of aromatic nitrogens is 4. The van der Waals surface area contributed by atoms with E-state index in [1.165, 1.54) is 10.9 Å². The number of nitrogens with one attached hydrogen (secondary N) is 2. The van der Waals surface area contributed by atoms with Crippen LogP contribution in [0.4, 0.5) is 5.69 Å². The Morgan fingerprint density at radius 2 is 2.00 bits per heavy atom. The summed E-state index contributed by atoms with van der Waals surface area (Å²) >= 11 is 0. The van der Waals surface area contributed by atoms with Crippen LogP contribution in [-0.2, 0) is 29.6 Å². The van der Waals surface area contributed by atoms with Crippen molar-refractivity contribution in [2.75, 3.05) is 12.4 Å². The summed E-state index contributed by atoms with van der Waals surface area (Å²) in [5, 5.41) is 13.7. The lowest BCUT2D eigenvalue weighted by Gasteiger charge is -2.04. The maximum atomic E-state index is 12.0. The Morgan fingerprint density at radius 1 is 1.26 bits per heavy atom. The summed E-state index contributed by atoms with van der Waals surface area (Å²) in [6.07, 6.45) is 4.17. The van der Waals surface area contributed by atoms with Gasteiger partial charge in [0.2, 0.25) is 11.8 Å². The van der Waals surface area contributed by atoms with Crippen LogP contribution >= 0.6 is 0 Å². The highest BCUT2D eigenvalue weighted by atomic mass is 16.2. The highest BCUT2D eigenvalue weighted by Crippen LogP contribution is 2.14. The first kappa shape index (κ1) is 16.7. The molecule has 0 aliphatic carbocycles. The van der Waals surface area contributed by atoms with Crippen LogP contribution in [0.3, 0.4) is 0 Å². The number of carbonyl (C=O) groups is 2. The molecule has 2 N–H and O–H groups in total. The normalized spacial score (nSPS) is 10.6. The summed E-state index contributed by atoms with van der Waals surface area (Å²) in [6, 6.07) is 0. The summed E-state index contributed by atoms with van der Waals surface area (Å²) in [5.74, 6) is -0.236. The summed E-state index contributed by atoms with van der Waals surface area (Å²) < 4.78 is 3.30. The maximum absolute atomic E-state index is 12.0. The number of carbonyl (C=O) groups excluding carboxylic acids is 2. The molecule has 2 amide bonds. The van der Waals surface area contributed by atoms with Crippen molar-refractivity contribution >= 4 is 17.5 Å². The van der Waals surface area contributed by atoms with E-state index >= 15 is 0 Å². The quantitative estimate of drug-likeness (QED) is 0.813. The molecule has 2 rings (SSSR count). The molecule has 124 valence electrons. The minimum absolute atomic E-state index is 0.0906. The predicted octanol–water partition coefficient (Wildman–Crippen LogP) is 0.551. The molecule has 8 heteroatoms. The SMILES string of the molecule is CNC(=O)Cn1cc(NC(=O)CCc2c(C)nn(C)c2C)cn1. The molecule has 8 nitrogen and oxygen atoms in total. The first-order valence-corrected chi connectivity index (χ1v) is 7.42. The van der Waals surface area contributed by atoms with Crippen molar-refractivity contribution in [1.82, 2.24) is 24.9 Å². The van der Waals surface area contributed by atoms with Crippen molar-refractivity contribution in [1.29, 1.82) is 0 Å². The molecule has 23 heavy (non-hydrogen) atoms. The lowest BCUT2D eigenvalue weighted by atomic mass is 10.1. The van der Waals surface area contributed by atoms with Gasteiger partial charge in [-0.2, -0.15) is 10.2 Å². The third-order valence-electron chi connectivity index (χ3n) is 3.76. The van der Waals surface area contributed by atoms with Gasteiger partial charge in [-0.15, -0.1) is 0 Å². The fourth-order valence-corrected chi connectivity index (χ4v) is 2.38. The van der Waals surface area contributed by atoms with Gasteiger partial charge in [-0.25, -0.2) is 0 Å². The molecule has 0 spiro atoms. The van der Waals surface area contributed by atoms with Gasteiger partial charge in [-0.1, -0.05) is 0 Å². The van der Waals surface area contributed by atoms with E-state index in [2.05, 4.69) is 20.8 Å². The maximum Gasteiger partial charge on any atom is 0.241 e. The summed E-state index contributed by atoms with van der Waals surface area (Å²) in [4.78, 5) is 23.3. The summed E-state index contributed by atoms with van der Waals surface area (Å²) in [7, 11) is 3.46. The van der Waals surface area contributed by atoms with Crippen molar-refractivity contribution in [2.24, 2.45) is 7.05 Å². The molecule has 0 atom stereocenters. The smallest absolute Gasteiger partial charge is 0.241 e. The Balaban J connectivity index is 1.89. The van der Waals surface area contributed by atoms with Gasteiger partial charge in [-0.3, -0.25) is 19.0 Å². The van der Waals surface area contributed by atoms with E-state index in [-0.39, 0.29) is 18.4 Å². The molecular formula is C15H22N6O2. The van der Waals surface area contributed by atoms with Gasteiger partial charge < -0.3 is 10.6 Å². The molecule has 0 aliphatic rings. The van der Waals surface area contributed by atoms with Gasteiger partial charge >= 0.3 is 0 Å². The average Bonchev–Trinajstić information content (AvgIpc) is 3.02. The van der Waals surface area contributed by atoms with Crippen LogP contribution in [0.2, 0.25) is 0 Å². The Hall–Kier alpha value is -2.64. The number of amides is 2. The molecule has 0 saturated heterocycles. The van der Waals surface area contributed by atoms with E-state index in [0.29, 0.717) is 18.5 Å². The second-order valence-electron chi connectivity index (χ2n) is 5.42. The zero-order valence-corrected chi connectivity index (χ0v) is 13.9. The Bertz CT molecular complexity index is 716. The van der Waals surface area contributed by atoms with Crippen LogP contribution in [-0.4, -0.2) is 38.4 Å². The number of anilines is 1. The Morgan fingerprint density at radius 3 is 2.61 bits per heavy atom. The van der Waals surface area contributed by atoms with E-state index in [9.17, 15) is 9.59 Å². The molecule has 2 aromatic rings. The van der Waals surface area contributed by atoms with Crippen molar-refractivity contribution in [3.05, 3.63) is 29.3 Å². The van der Waals surface area contributed by atoms with E-state index in [4.69, 9.17) is 0 Å². The summed E-state index contributed by atoms with van der Waals surface area (Å²) in [5.41, 5.74) is 3.72. The molecule has 2 heterocycles. The molecule has 0 unspecified atom stereocenters. The molecule has 2 aromatic heterocycles. The number of hydrogen-bond acceptors (Lipinski definition) is 4. The number of rotatable bonds is 6. The zero-order chi connectivity index (χ0) is 17.0. The van der Waals surface area contributed by atoms with E-state index < -0.39 is 0 Å². The van der Waals surface area contributed by atoms with E-state index in [1.54, 1.807) is 13.2 Å². The molecule has 0 aromatic carbocycles. The topological polar surface area (TPSA) is 93.8 Å². The van der Waals surface area contributed by atoms with Crippen LogP contribution in [0.15, 0.2) is 12.4 Å². The number of likely N-dealkylation sites (N-methyl/N-ethyl adjacent to an activating group) is 1. The first-order valence-electron chi connectivity index (χ1n) is 7.42. The lowest BCUT2D eigenvalue weighted by Crippen LogP contribution is -2.23. The van der Waals surface area contributed by atoms with Crippen molar-refractivity contribution < 1.29 is 9.59 Å². The predicted molar refractivity (Wildman–Crippen MR) is 85.9 cm³/mol. The highest BCUT2D eigenvalue weighted by Gasteiger charge is 2.12. The minimum atomic E-state index is -0.145. The summed E-state index contributed by atoms with van der Waals surface area (Å²) in [6.45, 7) is 4.07. The van der Waals surface area contributed by atoms with Gasteiger partial charge in [0, 0.05) is 32.4 Å². The van der Waals surface area contributed by atoms with Crippen LogP contribution in [0.5, 0.6) is 0 Å². The van der Waals surface area contributed by atoms with Crippen molar-refractivity contribution in [2.45, 2.75) is 33.2 Å². The molecular weight excluding hydrogens is 296 g/mol. The second kappa shape index (κ2) is 7.08. The van der Waals surface area contributed by atoms with E-state index in [1.807, 2.05) is 25.6 Å². The third kappa shape index (κ3) is 4.18. The van der Waals surface area contributed by atoms with Crippen LogP contribution in [0, 0.1) is 13.8 Å². The molecule has 0 saturated carbocycles. The monoisotopic (exact) mass is 318 g/mol. The third-order valence-corrected chi connectivity index (χ3v) is 3.76. The van der Waals surface area contributed by atoms with Gasteiger partial charge in [-0.05, 0) is 25.8 Å². The van der Waals surface area contributed by atoms with Crippen molar-refractivity contribution in [3.8, 4) is 0 Å². The first-order chi connectivity index (χ1) is 10.9. The lowest BCUT2D eigenvalue weighted by molar-refractivity contribution is -0.121. The number of hydrogen-bond donors (Lipinski definition) is 2.